The highest BCUT2D eigenvalue weighted by atomic mass is 16.6. The van der Waals surface area contributed by atoms with Crippen LogP contribution < -0.4 is 0 Å². The van der Waals surface area contributed by atoms with Gasteiger partial charge in [-0.3, -0.25) is 14.4 Å². The van der Waals surface area contributed by atoms with Gasteiger partial charge in [-0.15, -0.1) is 0 Å². The van der Waals surface area contributed by atoms with Crippen molar-refractivity contribution in [2.75, 3.05) is 7.11 Å². The fraction of sp³-hybridized carbons (Fsp3) is 0.842. The molecule has 4 aliphatic heterocycles. The Morgan fingerprint density at radius 2 is 1.85 bits per heavy atom. The molecule has 4 aliphatic rings. The van der Waals surface area contributed by atoms with E-state index in [0.29, 0.717) is 25.7 Å². The summed E-state index contributed by atoms with van der Waals surface area (Å²) < 4.78 is 17.2. The van der Waals surface area contributed by atoms with Crippen molar-refractivity contribution in [3.05, 3.63) is 0 Å². The second kappa shape index (κ2) is 6.22. The third kappa shape index (κ3) is 2.47. The Labute approximate surface area is 153 Å². The highest BCUT2D eigenvalue weighted by Gasteiger charge is 2.62. The Kier molecular flexibility index (Phi) is 4.25. The summed E-state index contributed by atoms with van der Waals surface area (Å²) in [5, 5.41) is 0. The van der Waals surface area contributed by atoms with Crippen molar-refractivity contribution in [1.29, 1.82) is 0 Å². The first-order valence-corrected chi connectivity index (χ1v) is 9.64. The van der Waals surface area contributed by atoms with E-state index >= 15 is 0 Å². The number of fused-ring (bicyclic) bond motifs is 2. The molecule has 7 nitrogen and oxygen atoms in total. The van der Waals surface area contributed by atoms with Crippen molar-refractivity contribution in [3.8, 4) is 0 Å². The molecule has 0 aliphatic carbocycles. The number of cyclic esters (lactones) is 1. The standard InChI is InChI=1S/C19H27NO6/c1-10-8-13(25-17(10)22)12-4-5-14-19(9-11(2)18(23)26-19)15(24-3)6-7-16(21)20(12)14/h10-15H,4-9H2,1-3H3/t10-,11-,12+,13-,14+,15-,19-/m1/s1. The van der Waals surface area contributed by atoms with Gasteiger partial charge in [0.25, 0.3) is 0 Å². The zero-order valence-corrected chi connectivity index (χ0v) is 15.6. The molecule has 4 heterocycles. The number of hydrogen-bond donors (Lipinski definition) is 0. The summed E-state index contributed by atoms with van der Waals surface area (Å²) in [7, 11) is 1.62. The summed E-state index contributed by atoms with van der Waals surface area (Å²) in [6.07, 6.45) is 3.02. The van der Waals surface area contributed by atoms with Gasteiger partial charge in [0.05, 0.1) is 30.0 Å². The van der Waals surface area contributed by atoms with Crippen LogP contribution in [-0.4, -0.2) is 59.7 Å². The van der Waals surface area contributed by atoms with Gasteiger partial charge in [-0.2, -0.15) is 0 Å². The van der Waals surface area contributed by atoms with Crippen LogP contribution in [0.15, 0.2) is 0 Å². The maximum Gasteiger partial charge on any atom is 0.309 e. The fourth-order valence-electron chi connectivity index (χ4n) is 5.49. The van der Waals surface area contributed by atoms with Gasteiger partial charge in [-0.25, -0.2) is 0 Å². The Morgan fingerprint density at radius 1 is 1.08 bits per heavy atom. The molecule has 0 saturated carbocycles. The third-order valence-corrected chi connectivity index (χ3v) is 6.73. The molecule has 0 bridgehead atoms. The van der Waals surface area contributed by atoms with Gasteiger partial charge in [0, 0.05) is 20.0 Å². The average molecular weight is 365 g/mol. The summed E-state index contributed by atoms with van der Waals surface area (Å²) in [5.41, 5.74) is -0.791. The minimum absolute atomic E-state index is 0.0441. The maximum absolute atomic E-state index is 13.0. The minimum Gasteiger partial charge on any atom is -0.460 e. The van der Waals surface area contributed by atoms with E-state index in [1.807, 2.05) is 18.7 Å². The average Bonchev–Trinajstić information content (AvgIpc) is 3.24. The number of carbonyl (C=O) groups excluding carboxylic acids is 3. The molecule has 0 radical (unpaired) electrons. The second-order valence-corrected chi connectivity index (χ2v) is 8.32. The molecule has 0 aromatic rings. The van der Waals surface area contributed by atoms with Crippen molar-refractivity contribution >= 4 is 17.8 Å². The number of nitrogens with zero attached hydrogens (tertiary/aromatic N) is 1. The van der Waals surface area contributed by atoms with E-state index in [-0.39, 0.29) is 54.0 Å². The second-order valence-electron chi connectivity index (χ2n) is 8.32. The number of hydrogen-bond acceptors (Lipinski definition) is 6. The molecule has 0 aromatic heterocycles. The predicted octanol–water partition coefficient (Wildman–Crippen LogP) is 1.43. The van der Waals surface area contributed by atoms with Crippen LogP contribution in [0.3, 0.4) is 0 Å². The zero-order chi connectivity index (χ0) is 18.6. The lowest BCUT2D eigenvalue weighted by Gasteiger charge is -2.42. The van der Waals surface area contributed by atoms with Crippen LogP contribution in [0, 0.1) is 11.8 Å². The number of esters is 2. The van der Waals surface area contributed by atoms with Gasteiger partial charge in [-0.05, 0) is 25.7 Å². The molecule has 1 spiro atoms. The van der Waals surface area contributed by atoms with Gasteiger partial charge < -0.3 is 19.1 Å². The van der Waals surface area contributed by atoms with Gasteiger partial charge in [0.15, 0.2) is 5.60 Å². The largest absolute Gasteiger partial charge is 0.460 e. The Bertz CT molecular complexity index is 636. The number of amides is 1. The highest BCUT2D eigenvalue weighted by Crippen LogP contribution is 2.49. The molecule has 26 heavy (non-hydrogen) atoms. The SMILES string of the molecule is CO[C@@H]1CCC(=O)N2[C@@H](CC[C@H]2[C@H]2C[C@@H](C)C(=O)O2)[C@]12C[C@@H](C)C(=O)O2. The van der Waals surface area contributed by atoms with Crippen molar-refractivity contribution in [1.82, 2.24) is 4.90 Å². The number of rotatable bonds is 2. The van der Waals surface area contributed by atoms with Gasteiger partial charge >= 0.3 is 11.9 Å². The molecular weight excluding hydrogens is 338 g/mol. The van der Waals surface area contributed by atoms with Crippen molar-refractivity contribution < 1.29 is 28.6 Å². The lowest BCUT2D eigenvalue weighted by molar-refractivity contribution is -0.174. The normalized spacial score (nSPS) is 45.7. The summed E-state index contributed by atoms with van der Waals surface area (Å²) in [6, 6.07) is -0.348. The molecular formula is C19H27NO6. The van der Waals surface area contributed by atoms with Crippen LogP contribution in [0.4, 0.5) is 0 Å². The van der Waals surface area contributed by atoms with Crippen molar-refractivity contribution in [3.63, 3.8) is 0 Å². The van der Waals surface area contributed by atoms with E-state index in [4.69, 9.17) is 14.2 Å². The van der Waals surface area contributed by atoms with Gasteiger partial charge in [-0.1, -0.05) is 13.8 Å². The van der Waals surface area contributed by atoms with Crippen LogP contribution in [-0.2, 0) is 28.6 Å². The third-order valence-electron chi connectivity index (χ3n) is 6.73. The van der Waals surface area contributed by atoms with Crippen LogP contribution in [0.5, 0.6) is 0 Å². The molecule has 7 heteroatoms. The van der Waals surface area contributed by atoms with Gasteiger partial charge in [0.2, 0.25) is 5.91 Å². The van der Waals surface area contributed by atoms with E-state index in [1.165, 1.54) is 0 Å². The number of ether oxygens (including phenoxy) is 3. The first kappa shape index (κ1) is 17.8. The summed E-state index contributed by atoms with van der Waals surface area (Å²) in [4.78, 5) is 39.0. The van der Waals surface area contributed by atoms with E-state index in [2.05, 4.69) is 0 Å². The van der Waals surface area contributed by atoms with Crippen LogP contribution >= 0.6 is 0 Å². The topological polar surface area (TPSA) is 82.1 Å². The monoisotopic (exact) mass is 365 g/mol. The maximum atomic E-state index is 13.0. The van der Waals surface area contributed by atoms with Crippen LogP contribution in [0.2, 0.25) is 0 Å². The van der Waals surface area contributed by atoms with Crippen LogP contribution in [0.25, 0.3) is 0 Å². The minimum atomic E-state index is -0.791. The smallest absolute Gasteiger partial charge is 0.309 e. The first-order chi connectivity index (χ1) is 12.4. The molecule has 0 unspecified atom stereocenters. The molecule has 7 atom stereocenters. The Balaban J connectivity index is 1.68. The summed E-state index contributed by atoms with van der Waals surface area (Å²) in [5.74, 6) is -0.698. The molecule has 4 rings (SSSR count). The Hall–Kier alpha value is -1.63. The molecule has 1 amide bonds. The van der Waals surface area contributed by atoms with E-state index in [0.717, 1.165) is 12.8 Å². The lowest BCUT2D eigenvalue weighted by Crippen LogP contribution is -2.58. The molecule has 4 fully saturated rings. The van der Waals surface area contributed by atoms with E-state index < -0.39 is 5.60 Å². The molecule has 4 saturated heterocycles. The lowest BCUT2D eigenvalue weighted by atomic mass is 9.81. The zero-order valence-electron chi connectivity index (χ0n) is 15.6. The quantitative estimate of drug-likeness (QED) is 0.689. The predicted molar refractivity (Wildman–Crippen MR) is 90.0 cm³/mol. The molecule has 0 aromatic carbocycles. The summed E-state index contributed by atoms with van der Waals surface area (Å²) >= 11 is 0. The molecule has 144 valence electrons. The summed E-state index contributed by atoms with van der Waals surface area (Å²) in [6.45, 7) is 3.73. The number of carbonyl (C=O) groups is 3. The van der Waals surface area contributed by atoms with Crippen molar-refractivity contribution in [2.45, 2.75) is 82.3 Å². The highest BCUT2D eigenvalue weighted by molar-refractivity contribution is 5.80. The Morgan fingerprint density at radius 3 is 2.42 bits per heavy atom. The van der Waals surface area contributed by atoms with Crippen molar-refractivity contribution in [2.24, 2.45) is 11.8 Å². The van der Waals surface area contributed by atoms with E-state index in [9.17, 15) is 14.4 Å². The van der Waals surface area contributed by atoms with Crippen LogP contribution in [0.1, 0.15) is 52.4 Å². The fourth-order valence-corrected chi connectivity index (χ4v) is 5.49. The first-order valence-electron chi connectivity index (χ1n) is 9.64. The molecule has 0 N–H and O–H groups in total. The number of methoxy groups -OCH3 is 1. The van der Waals surface area contributed by atoms with Gasteiger partial charge in [0.1, 0.15) is 6.10 Å². The van der Waals surface area contributed by atoms with E-state index in [1.54, 1.807) is 7.11 Å².